The molecule has 0 radical (unpaired) electrons. The lowest BCUT2D eigenvalue weighted by molar-refractivity contribution is -0.138. The minimum Gasteiger partial charge on any atom is -0.391 e. The summed E-state index contributed by atoms with van der Waals surface area (Å²) in [5.74, 6) is -0.985. The van der Waals surface area contributed by atoms with Crippen molar-refractivity contribution in [2.24, 2.45) is 11.7 Å². The fraction of sp³-hybridized carbons (Fsp3) is 0.571. The fourth-order valence-corrected chi connectivity index (χ4v) is 2.18. The van der Waals surface area contributed by atoms with E-state index in [1.165, 1.54) is 0 Å². The number of rotatable bonds is 5. The first kappa shape index (κ1) is 21.4. The first-order valence-corrected chi connectivity index (χ1v) is 6.92. The van der Waals surface area contributed by atoms with Crippen molar-refractivity contribution in [3.8, 4) is 0 Å². The summed E-state index contributed by atoms with van der Waals surface area (Å²) in [6.07, 6.45) is -5.29. The van der Waals surface area contributed by atoms with Gasteiger partial charge in [-0.25, -0.2) is 4.39 Å². The van der Waals surface area contributed by atoms with Crippen LogP contribution in [0.15, 0.2) is 12.1 Å². The Morgan fingerprint density at radius 2 is 1.77 bits per heavy atom. The van der Waals surface area contributed by atoms with Gasteiger partial charge < -0.3 is 10.8 Å². The fourth-order valence-electron chi connectivity index (χ4n) is 2.02. The van der Waals surface area contributed by atoms with Crippen molar-refractivity contribution in [1.82, 2.24) is 0 Å². The van der Waals surface area contributed by atoms with Crippen molar-refractivity contribution >= 4 is 24.0 Å². The van der Waals surface area contributed by atoms with Crippen LogP contribution in [0.1, 0.15) is 43.9 Å². The highest BCUT2D eigenvalue weighted by Gasteiger charge is 2.38. The Labute approximate surface area is 138 Å². The second-order valence-electron chi connectivity index (χ2n) is 5.38. The predicted molar refractivity (Wildman–Crippen MR) is 80.7 cm³/mol. The molecule has 0 saturated heterocycles. The zero-order valence-corrected chi connectivity index (χ0v) is 13.7. The summed E-state index contributed by atoms with van der Waals surface area (Å²) in [6.45, 7) is 3.80. The van der Waals surface area contributed by atoms with Crippen LogP contribution in [0.2, 0.25) is 5.02 Å². The Hall–Kier alpha value is -0.560. The molecule has 3 N–H and O–H groups in total. The minimum absolute atomic E-state index is 0. The van der Waals surface area contributed by atoms with Crippen molar-refractivity contribution in [2.75, 3.05) is 0 Å². The third-order valence-electron chi connectivity index (χ3n) is 3.23. The first-order valence-electron chi connectivity index (χ1n) is 6.54. The van der Waals surface area contributed by atoms with E-state index in [-0.39, 0.29) is 24.7 Å². The largest absolute Gasteiger partial charge is 0.416 e. The van der Waals surface area contributed by atoms with Gasteiger partial charge in [0.15, 0.2) is 0 Å². The number of nitrogens with two attached hydrogens (primary N) is 1. The summed E-state index contributed by atoms with van der Waals surface area (Å²) >= 11 is 5.53. The van der Waals surface area contributed by atoms with E-state index in [0.717, 1.165) is 6.07 Å². The van der Waals surface area contributed by atoms with Gasteiger partial charge in [0.1, 0.15) is 5.82 Å². The Morgan fingerprint density at radius 1 is 1.23 bits per heavy atom. The molecule has 0 amide bonds. The number of halogens is 6. The minimum atomic E-state index is -4.77. The lowest BCUT2D eigenvalue weighted by Gasteiger charge is -2.24. The maximum absolute atomic E-state index is 14.0. The molecular weight excluding hydrogens is 345 g/mol. The molecule has 22 heavy (non-hydrogen) atoms. The molecule has 2 nitrogen and oxygen atoms in total. The molecule has 128 valence electrons. The molecule has 0 fully saturated rings. The van der Waals surface area contributed by atoms with E-state index < -0.39 is 40.3 Å². The van der Waals surface area contributed by atoms with Gasteiger partial charge in [-0.05, 0) is 30.9 Å². The van der Waals surface area contributed by atoms with Crippen LogP contribution in [0.3, 0.4) is 0 Å². The average Bonchev–Trinajstić information content (AvgIpc) is 2.36. The van der Waals surface area contributed by atoms with Gasteiger partial charge in [-0.1, -0.05) is 25.4 Å². The summed E-state index contributed by atoms with van der Waals surface area (Å²) in [5.41, 5.74) is 3.65. The molecule has 1 aromatic carbocycles. The zero-order chi connectivity index (χ0) is 16.4. The van der Waals surface area contributed by atoms with Crippen LogP contribution in [-0.4, -0.2) is 11.2 Å². The number of hydrogen-bond acceptors (Lipinski definition) is 2. The summed E-state index contributed by atoms with van der Waals surface area (Å²) in [4.78, 5) is 0. The van der Waals surface area contributed by atoms with Crippen molar-refractivity contribution in [1.29, 1.82) is 0 Å². The highest BCUT2D eigenvalue weighted by Crippen LogP contribution is 2.38. The smallest absolute Gasteiger partial charge is 0.391 e. The van der Waals surface area contributed by atoms with Crippen LogP contribution in [0, 0.1) is 11.7 Å². The molecule has 0 spiro atoms. The van der Waals surface area contributed by atoms with E-state index in [9.17, 15) is 22.7 Å². The molecule has 1 aromatic rings. The standard InChI is InChI=1S/C14H18ClF4NO.ClH/c1-7(2)3-6-10(21)13(20)11-8(14(17,18)19)4-5-9(15)12(11)16;/h4-5,7,10,13,21H,3,6,20H2,1-2H3;1H/t10-,13-;/m0./s1. The van der Waals surface area contributed by atoms with E-state index in [1.807, 2.05) is 13.8 Å². The van der Waals surface area contributed by atoms with Gasteiger partial charge in [0.05, 0.1) is 22.7 Å². The Balaban J connectivity index is 0.00000441. The number of aliphatic hydroxyl groups excluding tert-OH is 1. The lowest BCUT2D eigenvalue weighted by atomic mass is 9.92. The monoisotopic (exact) mass is 363 g/mol. The second-order valence-corrected chi connectivity index (χ2v) is 5.79. The highest BCUT2D eigenvalue weighted by molar-refractivity contribution is 6.30. The Kier molecular flexibility index (Phi) is 8.12. The van der Waals surface area contributed by atoms with Gasteiger partial charge in [0, 0.05) is 5.56 Å². The van der Waals surface area contributed by atoms with Gasteiger partial charge in [-0.3, -0.25) is 0 Å². The van der Waals surface area contributed by atoms with E-state index in [2.05, 4.69) is 0 Å². The normalized spacial score (nSPS) is 14.6. The first-order chi connectivity index (χ1) is 9.55. The van der Waals surface area contributed by atoms with Crippen molar-refractivity contribution in [3.05, 3.63) is 34.1 Å². The van der Waals surface area contributed by atoms with Crippen LogP contribution in [0.25, 0.3) is 0 Å². The quantitative estimate of drug-likeness (QED) is 0.743. The molecule has 0 aliphatic rings. The van der Waals surface area contributed by atoms with Gasteiger partial charge >= 0.3 is 6.18 Å². The van der Waals surface area contributed by atoms with Crippen LogP contribution < -0.4 is 5.73 Å². The number of alkyl halides is 3. The Bertz CT molecular complexity index is 494. The second kappa shape index (κ2) is 8.34. The van der Waals surface area contributed by atoms with Gasteiger partial charge in [-0.2, -0.15) is 13.2 Å². The number of benzene rings is 1. The molecule has 0 bridgehead atoms. The van der Waals surface area contributed by atoms with E-state index in [0.29, 0.717) is 12.5 Å². The van der Waals surface area contributed by atoms with E-state index >= 15 is 0 Å². The number of aliphatic hydroxyl groups is 1. The SMILES string of the molecule is CC(C)CC[C@H](O)[C@H](N)c1c(C(F)(F)F)ccc(Cl)c1F.Cl. The van der Waals surface area contributed by atoms with E-state index in [4.69, 9.17) is 17.3 Å². The molecule has 0 aliphatic carbocycles. The Morgan fingerprint density at radius 3 is 2.23 bits per heavy atom. The predicted octanol–water partition coefficient (Wildman–Crippen LogP) is 4.72. The molecule has 0 heterocycles. The molecule has 0 aromatic heterocycles. The van der Waals surface area contributed by atoms with Crippen molar-refractivity contribution in [2.45, 2.75) is 45.0 Å². The van der Waals surface area contributed by atoms with Crippen LogP contribution in [0.4, 0.5) is 17.6 Å². The molecule has 0 saturated carbocycles. The van der Waals surface area contributed by atoms with Crippen molar-refractivity contribution in [3.63, 3.8) is 0 Å². The van der Waals surface area contributed by atoms with Crippen LogP contribution in [-0.2, 0) is 6.18 Å². The highest BCUT2D eigenvalue weighted by atomic mass is 35.5. The topological polar surface area (TPSA) is 46.2 Å². The molecule has 2 atom stereocenters. The summed E-state index contributed by atoms with van der Waals surface area (Å²) in [7, 11) is 0. The summed E-state index contributed by atoms with van der Waals surface area (Å²) < 4.78 is 52.8. The zero-order valence-electron chi connectivity index (χ0n) is 12.1. The molecule has 0 aliphatic heterocycles. The van der Waals surface area contributed by atoms with Gasteiger partial charge in [-0.15, -0.1) is 12.4 Å². The molecule has 0 unspecified atom stereocenters. The summed E-state index contributed by atoms with van der Waals surface area (Å²) in [6, 6.07) is 0.0192. The third-order valence-corrected chi connectivity index (χ3v) is 3.52. The van der Waals surface area contributed by atoms with Crippen LogP contribution >= 0.6 is 24.0 Å². The molecular formula is C14H19Cl2F4NO. The average molecular weight is 364 g/mol. The third kappa shape index (κ3) is 5.26. The van der Waals surface area contributed by atoms with E-state index in [1.54, 1.807) is 0 Å². The summed E-state index contributed by atoms with van der Waals surface area (Å²) in [5, 5.41) is 9.47. The molecule has 8 heteroatoms. The maximum atomic E-state index is 14.0. The lowest BCUT2D eigenvalue weighted by Crippen LogP contribution is -2.30. The van der Waals surface area contributed by atoms with Crippen LogP contribution in [0.5, 0.6) is 0 Å². The van der Waals surface area contributed by atoms with Gasteiger partial charge in [0.25, 0.3) is 0 Å². The maximum Gasteiger partial charge on any atom is 0.416 e. The van der Waals surface area contributed by atoms with Crippen molar-refractivity contribution < 1.29 is 22.7 Å². The van der Waals surface area contributed by atoms with Gasteiger partial charge in [0.2, 0.25) is 0 Å². The molecule has 1 rings (SSSR count). The number of hydrogen-bond donors (Lipinski definition) is 2.